The molecule has 0 radical (unpaired) electrons. The van der Waals surface area contributed by atoms with E-state index in [4.69, 9.17) is 5.11 Å². The number of nitrogens with zero attached hydrogens (tertiary/aromatic N) is 3. The van der Waals surface area contributed by atoms with Crippen LogP contribution in [0, 0.1) is 12.8 Å². The lowest BCUT2D eigenvalue weighted by atomic mass is 10.2. The van der Waals surface area contributed by atoms with Crippen molar-refractivity contribution < 1.29 is 9.90 Å². The molecule has 1 unspecified atom stereocenters. The molecule has 5 heteroatoms. The Morgan fingerprint density at radius 1 is 1.62 bits per heavy atom. The van der Waals surface area contributed by atoms with Crippen LogP contribution in [0.5, 0.6) is 0 Å². The van der Waals surface area contributed by atoms with Crippen molar-refractivity contribution in [2.24, 2.45) is 5.92 Å². The van der Waals surface area contributed by atoms with Gasteiger partial charge in [-0.25, -0.2) is 9.97 Å². The first-order chi connectivity index (χ1) is 7.54. The lowest BCUT2D eigenvalue weighted by molar-refractivity contribution is -0.140. The number of hydrogen-bond donors (Lipinski definition) is 1. The molecule has 88 valence electrons. The molecule has 16 heavy (non-hydrogen) atoms. The molecule has 0 aliphatic heterocycles. The van der Waals surface area contributed by atoms with E-state index in [0.29, 0.717) is 19.0 Å². The zero-order valence-electron chi connectivity index (χ0n) is 9.84. The number of aromatic nitrogens is 2. The van der Waals surface area contributed by atoms with E-state index >= 15 is 0 Å². The third-order valence-corrected chi connectivity index (χ3v) is 2.36. The molecule has 0 aliphatic rings. The number of anilines is 1. The second-order valence-corrected chi connectivity index (χ2v) is 3.78. The molecule has 0 spiro atoms. The second kappa shape index (κ2) is 5.44. The van der Waals surface area contributed by atoms with Gasteiger partial charge >= 0.3 is 5.97 Å². The summed E-state index contributed by atoms with van der Waals surface area (Å²) in [5.41, 5.74) is 0.881. The maximum Gasteiger partial charge on any atom is 0.308 e. The van der Waals surface area contributed by atoms with Crippen molar-refractivity contribution in [3.05, 3.63) is 18.0 Å². The largest absolute Gasteiger partial charge is 0.481 e. The van der Waals surface area contributed by atoms with Crippen molar-refractivity contribution in [3.8, 4) is 0 Å². The molecular formula is C11H17N3O2. The van der Waals surface area contributed by atoms with Gasteiger partial charge in [0.2, 0.25) is 5.95 Å². The molecule has 1 aromatic rings. The Kier molecular flexibility index (Phi) is 4.22. The molecular weight excluding hydrogens is 206 g/mol. The second-order valence-electron chi connectivity index (χ2n) is 3.78. The molecule has 1 rings (SSSR count). The van der Waals surface area contributed by atoms with Gasteiger partial charge in [0.1, 0.15) is 0 Å². The zero-order valence-corrected chi connectivity index (χ0v) is 9.84. The van der Waals surface area contributed by atoms with Crippen molar-refractivity contribution >= 4 is 11.9 Å². The first kappa shape index (κ1) is 12.4. The summed E-state index contributed by atoms with van der Waals surface area (Å²) in [5.74, 6) is -0.634. The van der Waals surface area contributed by atoms with Crippen molar-refractivity contribution in [2.45, 2.75) is 20.8 Å². The van der Waals surface area contributed by atoms with Crippen LogP contribution in [0.3, 0.4) is 0 Å². The number of rotatable bonds is 5. The third-order valence-electron chi connectivity index (χ3n) is 2.36. The van der Waals surface area contributed by atoms with E-state index in [1.807, 2.05) is 24.8 Å². The Morgan fingerprint density at radius 3 is 2.81 bits per heavy atom. The van der Waals surface area contributed by atoms with Crippen LogP contribution in [0.1, 0.15) is 19.5 Å². The summed E-state index contributed by atoms with van der Waals surface area (Å²) in [6.07, 6.45) is 1.69. The molecule has 1 aromatic heterocycles. The molecule has 0 saturated heterocycles. The van der Waals surface area contributed by atoms with Gasteiger partial charge in [-0.1, -0.05) is 6.92 Å². The van der Waals surface area contributed by atoms with E-state index in [9.17, 15) is 4.79 Å². The molecule has 0 aliphatic carbocycles. The van der Waals surface area contributed by atoms with Gasteiger partial charge in [0.25, 0.3) is 0 Å². The van der Waals surface area contributed by atoms with Gasteiger partial charge < -0.3 is 10.0 Å². The first-order valence-corrected chi connectivity index (χ1v) is 5.32. The van der Waals surface area contributed by atoms with Gasteiger partial charge in [0.05, 0.1) is 5.92 Å². The minimum Gasteiger partial charge on any atom is -0.481 e. The highest BCUT2D eigenvalue weighted by atomic mass is 16.4. The van der Waals surface area contributed by atoms with Gasteiger partial charge in [0.15, 0.2) is 0 Å². The Hall–Kier alpha value is -1.65. The highest BCUT2D eigenvalue weighted by Crippen LogP contribution is 2.09. The van der Waals surface area contributed by atoms with Crippen LogP contribution in [0.4, 0.5) is 5.95 Å². The van der Waals surface area contributed by atoms with Crippen LogP contribution in [-0.4, -0.2) is 34.1 Å². The van der Waals surface area contributed by atoms with E-state index in [1.54, 1.807) is 13.1 Å². The average Bonchev–Trinajstić information content (AvgIpc) is 2.25. The third kappa shape index (κ3) is 3.18. The van der Waals surface area contributed by atoms with Gasteiger partial charge in [-0.3, -0.25) is 4.79 Å². The van der Waals surface area contributed by atoms with Crippen LogP contribution in [0.25, 0.3) is 0 Å². The summed E-state index contributed by atoms with van der Waals surface area (Å²) in [4.78, 5) is 21.1. The summed E-state index contributed by atoms with van der Waals surface area (Å²) in [6, 6.07) is 1.82. The fraction of sp³-hybridized carbons (Fsp3) is 0.545. The van der Waals surface area contributed by atoms with Crippen LogP contribution in [0.15, 0.2) is 12.3 Å². The van der Waals surface area contributed by atoms with Crippen molar-refractivity contribution in [1.82, 2.24) is 9.97 Å². The van der Waals surface area contributed by atoms with Crippen LogP contribution in [-0.2, 0) is 4.79 Å². The number of carboxylic acid groups (broad SMARTS) is 1. The molecule has 1 atom stereocenters. The quantitative estimate of drug-likeness (QED) is 0.815. The summed E-state index contributed by atoms with van der Waals surface area (Å²) in [5, 5.41) is 8.86. The molecule has 1 heterocycles. The minimum atomic E-state index is -0.800. The van der Waals surface area contributed by atoms with E-state index in [2.05, 4.69) is 9.97 Å². The minimum absolute atomic E-state index is 0.426. The van der Waals surface area contributed by atoms with Gasteiger partial charge in [-0.2, -0.15) is 0 Å². The Morgan fingerprint density at radius 2 is 2.31 bits per heavy atom. The topological polar surface area (TPSA) is 66.3 Å². The number of carboxylic acids is 1. The smallest absolute Gasteiger partial charge is 0.308 e. The van der Waals surface area contributed by atoms with Gasteiger partial charge in [-0.05, 0) is 19.9 Å². The normalized spacial score (nSPS) is 12.2. The zero-order chi connectivity index (χ0) is 12.1. The Bertz CT molecular complexity index is 368. The SMILES string of the molecule is CCN(CC(C)C(=O)O)c1nccc(C)n1. The van der Waals surface area contributed by atoms with E-state index in [-0.39, 0.29) is 0 Å². The van der Waals surface area contributed by atoms with E-state index < -0.39 is 11.9 Å². The average molecular weight is 223 g/mol. The monoisotopic (exact) mass is 223 g/mol. The van der Waals surface area contributed by atoms with Crippen molar-refractivity contribution in [3.63, 3.8) is 0 Å². The Balaban J connectivity index is 2.78. The maximum absolute atomic E-state index is 10.8. The number of aryl methyl sites for hydroxylation is 1. The summed E-state index contributed by atoms with van der Waals surface area (Å²) in [6.45, 7) is 6.65. The fourth-order valence-corrected chi connectivity index (χ4v) is 1.35. The molecule has 0 fully saturated rings. The van der Waals surface area contributed by atoms with Crippen LogP contribution < -0.4 is 4.90 Å². The number of hydrogen-bond acceptors (Lipinski definition) is 4. The maximum atomic E-state index is 10.8. The van der Waals surface area contributed by atoms with E-state index in [1.165, 1.54) is 0 Å². The highest BCUT2D eigenvalue weighted by molar-refractivity contribution is 5.70. The molecule has 0 bridgehead atoms. The van der Waals surface area contributed by atoms with Gasteiger partial charge in [0, 0.05) is 25.0 Å². The summed E-state index contributed by atoms with van der Waals surface area (Å²) < 4.78 is 0. The molecule has 0 saturated carbocycles. The van der Waals surface area contributed by atoms with Crippen molar-refractivity contribution in [1.29, 1.82) is 0 Å². The lowest BCUT2D eigenvalue weighted by Gasteiger charge is -2.22. The number of carbonyl (C=O) groups is 1. The predicted molar refractivity (Wildman–Crippen MR) is 61.5 cm³/mol. The van der Waals surface area contributed by atoms with E-state index in [0.717, 1.165) is 5.69 Å². The lowest BCUT2D eigenvalue weighted by Crippen LogP contribution is -2.33. The number of aliphatic carboxylic acids is 1. The highest BCUT2D eigenvalue weighted by Gasteiger charge is 2.16. The van der Waals surface area contributed by atoms with Crippen molar-refractivity contribution in [2.75, 3.05) is 18.0 Å². The fourth-order valence-electron chi connectivity index (χ4n) is 1.35. The predicted octanol–water partition coefficient (Wildman–Crippen LogP) is 1.33. The summed E-state index contributed by atoms with van der Waals surface area (Å²) in [7, 11) is 0. The van der Waals surface area contributed by atoms with Gasteiger partial charge in [-0.15, -0.1) is 0 Å². The Labute approximate surface area is 95.1 Å². The molecule has 5 nitrogen and oxygen atoms in total. The molecule has 1 N–H and O–H groups in total. The standard InChI is InChI=1S/C11H17N3O2/c1-4-14(7-8(2)10(15)16)11-12-6-5-9(3)13-11/h5-6,8H,4,7H2,1-3H3,(H,15,16). The first-order valence-electron chi connectivity index (χ1n) is 5.32. The molecule has 0 aromatic carbocycles. The van der Waals surface area contributed by atoms with Crippen LogP contribution in [0.2, 0.25) is 0 Å². The summed E-state index contributed by atoms with van der Waals surface area (Å²) >= 11 is 0. The molecule has 0 amide bonds. The van der Waals surface area contributed by atoms with Crippen LogP contribution >= 0.6 is 0 Å².